The summed E-state index contributed by atoms with van der Waals surface area (Å²) in [4.78, 5) is 0. The molecule has 1 heterocycles. The zero-order chi connectivity index (χ0) is 5.44. The van der Waals surface area contributed by atoms with Crippen LogP contribution in [0.15, 0.2) is 0 Å². The molecule has 0 bridgehead atoms. The van der Waals surface area contributed by atoms with Crippen LogP contribution in [0.1, 0.15) is 13.8 Å². The lowest BCUT2D eigenvalue weighted by Gasteiger charge is -1.92. The van der Waals surface area contributed by atoms with Crippen LogP contribution in [0.25, 0.3) is 0 Å². The predicted molar refractivity (Wildman–Crippen MR) is 26.0 cm³/mol. The number of rotatable bonds is 1. The summed E-state index contributed by atoms with van der Waals surface area (Å²) in [7, 11) is 0. The summed E-state index contributed by atoms with van der Waals surface area (Å²) in [5.41, 5.74) is 0. The van der Waals surface area contributed by atoms with E-state index in [2.05, 4.69) is 0 Å². The zero-order valence-electron chi connectivity index (χ0n) is 4.59. The first-order chi connectivity index (χ1) is 3.22. The molecule has 3 atom stereocenters. The van der Waals surface area contributed by atoms with Gasteiger partial charge >= 0.3 is 0 Å². The highest BCUT2D eigenvalue weighted by Crippen LogP contribution is 2.23. The van der Waals surface area contributed by atoms with Gasteiger partial charge in [-0.15, -0.1) is 0 Å². The molecule has 7 heavy (non-hydrogen) atoms. The SMILES string of the molecule is C[C@H](O)[C@@H]1O[C@H]1C. The van der Waals surface area contributed by atoms with Gasteiger partial charge in [0.2, 0.25) is 0 Å². The van der Waals surface area contributed by atoms with E-state index in [1.807, 2.05) is 6.92 Å². The minimum absolute atomic E-state index is 0.125. The van der Waals surface area contributed by atoms with Crippen LogP contribution < -0.4 is 0 Å². The van der Waals surface area contributed by atoms with Gasteiger partial charge in [0.15, 0.2) is 0 Å². The van der Waals surface area contributed by atoms with E-state index in [1.165, 1.54) is 0 Å². The molecule has 0 saturated carbocycles. The summed E-state index contributed by atoms with van der Waals surface area (Å²) >= 11 is 0. The molecule has 0 aromatic heterocycles. The summed E-state index contributed by atoms with van der Waals surface area (Å²) in [6, 6.07) is 0. The van der Waals surface area contributed by atoms with Crippen LogP contribution in [-0.4, -0.2) is 23.4 Å². The van der Waals surface area contributed by atoms with Gasteiger partial charge in [-0.05, 0) is 13.8 Å². The smallest absolute Gasteiger partial charge is 0.109 e. The first kappa shape index (κ1) is 5.06. The van der Waals surface area contributed by atoms with Crippen LogP contribution in [0, 0.1) is 0 Å². The van der Waals surface area contributed by atoms with E-state index in [4.69, 9.17) is 9.84 Å². The summed E-state index contributed by atoms with van der Waals surface area (Å²) in [6.07, 6.45) is 0.134. The number of hydrogen-bond donors (Lipinski definition) is 1. The van der Waals surface area contributed by atoms with E-state index < -0.39 is 0 Å². The van der Waals surface area contributed by atoms with Gasteiger partial charge < -0.3 is 9.84 Å². The molecule has 0 aromatic carbocycles. The first-order valence-corrected chi connectivity index (χ1v) is 2.55. The Morgan fingerprint density at radius 3 is 2.14 bits per heavy atom. The first-order valence-electron chi connectivity index (χ1n) is 2.55. The second-order valence-electron chi connectivity index (χ2n) is 2.05. The third kappa shape index (κ3) is 0.924. The molecule has 2 nitrogen and oxygen atoms in total. The lowest BCUT2D eigenvalue weighted by molar-refractivity contribution is 0.152. The van der Waals surface area contributed by atoms with Crippen molar-refractivity contribution in [3.63, 3.8) is 0 Å². The van der Waals surface area contributed by atoms with Gasteiger partial charge in [-0.3, -0.25) is 0 Å². The van der Waals surface area contributed by atoms with Crippen molar-refractivity contribution in [3.05, 3.63) is 0 Å². The van der Waals surface area contributed by atoms with E-state index in [9.17, 15) is 0 Å². The minimum atomic E-state index is -0.282. The van der Waals surface area contributed by atoms with Crippen LogP contribution in [0.5, 0.6) is 0 Å². The lowest BCUT2D eigenvalue weighted by atomic mass is 10.2. The lowest BCUT2D eigenvalue weighted by Crippen LogP contribution is -2.09. The Morgan fingerprint density at radius 1 is 1.71 bits per heavy atom. The van der Waals surface area contributed by atoms with Crippen molar-refractivity contribution in [1.82, 2.24) is 0 Å². The van der Waals surface area contributed by atoms with Gasteiger partial charge in [0.1, 0.15) is 6.10 Å². The molecule has 0 amide bonds. The Morgan fingerprint density at radius 2 is 2.14 bits per heavy atom. The number of aliphatic hydroxyl groups excluding tert-OH is 1. The molecule has 0 radical (unpaired) electrons. The monoisotopic (exact) mass is 102 g/mol. The van der Waals surface area contributed by atoms with Crippen LogP contribution in [0.2, 0.25) is 0 Å². The third-order valence-corrected chi connectivity index (χ3v) is 1.23. The summed E-state index contributed by atoms with van der Waals surface area (Å²) in [5.74, 6) is 0. The maximum absolute atomic E-state index is 8.74. The molecule has 2 heteroatoms. The average Bonchev–Trinajstić information content (AvgIpc) is 2.17. The second kappa shape index (κ2) is 1.46. The quantitative estimate of drug-likeness (QED) is 0.478. The van der Waals surface area contributed by atoms with E-state index in [-0.39, 0.29) is 12.2 Å². The fraction of sp³-hybridized carbons (Fsp3) is 1.00. The fourth-order valence-corrected chi connectivity index (χ4v) is 0.708. The normalized spacial score (nSPS) is 43.3. The highest BCUT2D eigenvalue weighted by atomic mass is 16.6. The topological polar surface area (TPSA) is 32.8 Å². The summed E-state index contributed by atoms with van der Waals surface area (Å²) in [5, 5.41) is 8.74. The van der Waals surface area contributed by atoms with Crippen LogP contribution in [0.4, 0.5) is 0 Å². The van der Waals surface area contributed by atoms with Gasteiger partial charge in [0.25, 0.3) is 0 Å². The van der Waals surface area contributed by atoms with Crippen LogP contribution >= 0.6 is 0 Å². The van der Waals surface area contributed by atoms with Gasteiger partial charge in [-0.25, -0.2) is 0 Å². The molecular formula is C5H10O2. The van der Waals surface area contributed by atoms with Crippen molar-refractivity contribution in [2.24, 2.45) is 0 Å². The molecule has 0 spiro atoms. The number of hydrogen-bond acceptors (Lipinski definition) is 2. The molecule has 0 aromatic rings. The van der Waals surface area contributed by atoms with E-state index in [0.717, 1.165) is 0 Å². The standard InChI is InChI=1S/C5H10O2/c1-3(6)5-4(2)7-5/h3-6H,1-2H3/t3-,4-,5-/m0/s1. The molecule has 0 aliphatic carbocycles. The second-order valence-corrected chi connectivity index (χ2v) is 2.05. The Hall–Kier alpha value is -0.0800. The maximum atomic E-state index is 8.74. The van der Waals surface area contributed by atoms with E-state index in [0.29, 0.717) is 6.10 Å². The fourth-order valence-electron chi connectivity index (χ4n) is 0.708. The minimum Gasteiger partial charge on any atom is -0.391 e. The van der Waals surface area contributed by atoms with Crippen molar-refractivity contribution in [2.45, 2.75) is 32.2 Å². The molecule has 1 aliphatic heterocycles. The zero-order valence-corrected chi connectivity index (χ0v) is 4.59. The summed E-state index contributed by atoms with van der Waals surface area (Å²) < 4.78 is 4.93. The summed E-state index contributed by atoms with van der Waals surface area (Å²) in [6.45, 7) is 3.70. The molecule has 1 saturated heterocycles. The molecule has 42 valence electrons. The maximum Gasteiger partial charge on any atom is 0.109 e. The van der Waals surface area contributed by atoms with Crippen LogP contribution in [0.3, 0.4) is 0 Å². The van der Waals surface area contributed by atoms with Gasteiger partial charge in [0, 0.05) is 0 Å². The molecular weight excluding hydrogens is 92.1 g/mol. The number of ether oxygens (including phenoxy) is 1. The molecule has 1 rings (SSSR count). The Labute approximate surface area is 43.1 Å². The number of aliphatic hydroxyl groups is 1. The van der Waals surface area contributed by atoms with E-state index >= 15 is 0 Å². The highest BCUT2D eigenvalue weighted by Gasteiger charge is 2.37. The van der Waals surface area contributed by atoms with Crippen molar-refractivity contribution < 1.29 is 9.84 Å². The van der Waals surface area contributed by atoms with E-state index in [1.54, 1.807) is 6.92 Å². The van der Waals surface area contributed by atoms with Crippen molar-refractivity contribution in [3.8, 4) is 0 Å². The van der Waals surface area contributed by atoms with Crippen molar-refractivity contribution >= 4 is 0 Å². The third-order valence-electron chi connectivity index (χ3n) is 1.23. The van der Waals surface area contributed by atoms with Gasteiger partial charge in [-0.2, -0.15) is 0 Å². The Balaban J connectivity index is 2.20. The highest BCUT2D eigenvalue weighted by molar-refractivity contribution is 4.84. The predicted octanol–water partition coefficient (Wildman–Crippen LogP) is 0.155. The molecule has 1 N–H and O–H groups in total. The molecule has 1 aliphatic rings. The van der Waals surface area contributed by atoms with Crippen molar-refractivity contribution in [2.75, 3.05) is 0 Å². The van der Waals surface area contributed by atoms with Gasteiger partial charge in [0.05, 0.1) is 12.2 Å². The molecule has 0 unspecified atom stereocenters. The molecule has 1 fully saturated rings. The Kier molecular flexibility index (Phi) is 1.05. The average molecular weight is 102 g/mol. The van der Waals surface area contributed by atoms with Gasteiger partial charge in [-0.1, -0.05) is 0 Å². The Bertz CT molecular complexity index is 70.5. The number of epoxide rings is 1. The van der Waals surface area contributed by atoms with Crippen LogP contribution in [-0.2, 0) is 4.74 Å². The van der Waals surface area contributed by atoms with Crippen molar-refractivity contribution in [1.29, 1.82) is 0 Å². The largest absolute Gasteiger partial charge is 0.391 e.